The first kappa shape index (κ1) is 88.2. The van der Waals surface area contributed by atoms with E-state index in [1.807, 2.05) is 0 Å². The van der Waals surface area contributed by atoms with Crippen LogP contribution in [0.15, 0.2) is 70.6 Å². The van der Waals surface area contributed by atoms with Crippen molar-refractivity contribution in [1.82, 2.24) is 47.8 Å². The number of anilines is 3. The Morgan fingerprint density at radius 3 is 1.54 bits per heavy atom. The third-order valence-corrected chi connectivity index (χ3v) is 27.2. The van der Waals surface area contributed by atoms with E-state index in [0.717, 1.165) is 36.1 Å². The number of ether oxygens (including phenoxy) is 9. The number of hydrogen-bond donors (Lipinski definition) is 11. The number of aliphatic hydroxyl groups is 1. The van der Waals surface area contributed by atoms with Crippen LogP contribution in [0.4, 0.5) is 17.5 Å². The van der Waals surface area contributed by atoms with Crippen LogP contribution in [-0.2, 0) is 158 Å². The molecule has 27 atom stereocenters. The zero-order chi connectivity index (χ0) is 81.4. The van der Waals surface area contributed by atoms with Crippen molar-refractivity contribution in [3.63, 3.8) is 0 Å². The molecular weight excluding hydrogens is 1750 g/mol. The van der Waals surface area contributed by atoms with Gasteiger partial charge in [0.05, 0.1) is 51.3 Å². The Labute approximate surface area is 676 Å². The summed E-state index contributed by atoms with van der Waals surface area (Å²) in [6, 6.07) is 1.28. The van der Waals surface area contributed by atoms with Gasteiger partial charge in [-0.2, -0.15) is 15.0 Å². The van der Waals surface area contributed by atoms with Crippen LogP contribution in [-0.4, -0.2) is 222 Å². The number of aryl methyl sites for hydroxylation is 4. The number of thiol groups is 1. The van der Waals surface area contributed by atoms with E-state index in [1.54, 1.807) is 0 Å². The summed E-state index contributed by atoms with van der Waals surface area (Å²) in [5.41, 5.74) is 5.35. The number of nitrogens with zero attached hydrogens (tertiary/aromatic N) is 8. The number of methoxy groups -OCH3 is 1. The van der Waals surface area contributed by atoms with Gasteiger partial charge in [-0.1, -0.05) is 12.2 Å². The Kier molecular flexibility index (Phi) is 25.6. The summed E-state index contributed by atoms with van der Waals surface area (Å²) in [6.07, 6.45) is -23.1. The zero-order valence-corrected chi connectivity index (χ0v) is 70.5. The van der Waals surface area contributed by atoms with E-state index in [-0.39, 0.29) is 72.4 Å². The Bertz CT molecular complexity index is 5220. The fraction of sp³-hybridized carbons (Fsp3) is 0.649. The Morgan fingerprint density at radius 2 is 1.02 bits per heavy atom. The van der Waals surface area contributed by atoms with Crippen molar-refractivity contribution in [3.8, 4) is 0 Å². The van der Waals surface area contributed by atoms with Gasteiger partial charge in [-0.3, -0.25) is 78.6 Å². The topological polar surface area (TPSA) is 620 Å². The van der Waals surface area contributed by atoms with Crippen LogP contribution in [0.2, 0.25) is 0 Å². The molecule has 13 rings (SSSR count). The molecule has 113 heavy (non-hydrogen) atoms. The molecule has 0 spiro atoms. The Morgan fingerprint density at radius 1 is 0.558 bits per heavy atom. The molecule has 8 fully saturated rings. The summed E-state index contributed by atoms with van der Waals surface area (Å²) in [4.78, 5) is 155. The molecule has 621 valence electrons. The third kappa shape index (κ3) is 17.0. The van der Waals surface area contributed by atoms with Gasteiger partial charge in [0.25, 0.3) is 11.1 Å². The number of aromatic amines is 2. The monoisotopic (exact) mass is 1830 g/mol. The van der Waals surface area contributed by atoms with Crippen LogP contribution < -0.4 is 56.8 Å². The minimum Gasteiger partial charge on any atom is -0.393 e. The SMILES string of the molecule is CO[C@H]1C(OP(O)(=S)OC)[C@@H](COP(=O)(S)OC2C[C@H](n3cc(C)c(N)nc3=O)O[C@@H]2COP(=O)(O)OC2[C@@H]3O[C@@H](C)[C@]2(COP(=O)(O)OC2[C@@H]4O[C@@H](C)[C@]2(COP(O)(=S)OC2[C@@H]5O[C@@H](C)[C@]2(CO)O[C@H]5n2cc(C)c(=O)[nH]c2=O)O[C@H]4n2cc(C)c(=O)[nH]c2=O)O[C@H]3n2cc(C)c(N)nc2=O)O[C@H]1n1ccc(N)nc1=O.[Y]. The maximum atomic E-state index is 15.0. The Hall–Kier alpha value is -4.12. The molecule has 13 heterocycles. The van der Waals surface area contributed by atoms with Crippen LogP contribution in [0.25, 0.3) is 0 Å². The van der Waals surface area contributed by atoms with Crippen molar-refractivity contribution in [1.29, 1.82) is 0 Å². The number of rotatable bonds is 30. The molecule has 0 aliphatic carbocycles. The van der Waals surface area contributed by atoms with Crippen molar-refractivity contribution in [2.24, 2.45) is 0 Å². The molecule has 8 aliphatic rings. The van der Waals surface area contributed by atoms with Gasteiger partial charge >= 0.3 is 64.3 Å². The molecule has 8 saturated heterocycles. The second-order valence-corrected chi connectivity index (χ2v) is 38.7. The largest absolute Gasteiger partial charge is 0.472 e. The number of nitrogens with one attached hydrogen (secondary N) is 2. The van der Waals surface area contributed by atoms with Gasteiger partial charge in [-0.05, 0) is 78.1 Å². The van der Waals surface area contributed by atoms with Gasteiger partial charge in [0, 0.05) is 107 Å². The predicted molar refractivity (Wildman–Crippen MR) is 387 cm³/mol. The maximum Gasteiger partial charge on any atom is 0.472 e. The number of nitrogens with two attached hydrogens (primary N) is 3. The van der Waals surface area contributed by atoms with Gasteiger partial charge in [0.15, 0.2) is 24.9 Å². The van der Waals surface area contributed by atoms with E-state index < -0.39 is 248 Å². The molecule has 47 nitrogen and oxygen atoms in total. The number of fused-ring (bicyclic) bond motifs is 6. The number of phosphoric acid groups is 2. The normalized spacial score (nSPS) is 35.6. The second kappa shape index (κ2) is 32.8. The summed E-state index contributed by atoms with van der Waals surface area (Å²) < 4.78 is 163. The van der Waals surface area contributed by atoms with Crippen LogP contribution >= 0.6 is 48.1 Å². The van der Waals surface area contributed by atoms with Gasteiger partial charge in [-0.15, -0.1) is 0 Å². The second-order valence-electron chi connectivity index (χ2n) is 27.4. The van der Waals surface area contributed by atoms with E-state index in [2.05, 4.69) is 37.2 Å². The standard InChI is InChI=1S/C57H78N13O34P5S3.Y/c1-22-13-67(51(75)62-42(22)59)33-12-29(100-108(84,111)89-18-31-34(101-107(83,110)87-9)35(86-8)46(96-31)66-11-10-32(58)61-50(66)74)30(95-33)17-88-105(79,80)102-40-37-48(68-14-23(2)43(60)63-52(68)76)98-56(40,27(6)93-37)20-90-106(81,82)103-41-38-49(70-16-25(4)45(73)65-54(70)78)99-57(41,28(7)94-38)21-91-109(85,112)104-39-36-47(97-55(39,19-71)26(5)92-36)69-15-24(3)44(72)64-53(69)77;/h10-11,13-16,26-31,33-41,46-49,71H,12,17-21H2,1-9H3,(H,79,80)(H,81,82)(H,83,110)(H,84,111)(H,85,112)(H2,58,61,74)(H2,59,62,75)(H2,60,63,76)(H,64,72,77)(H,65,73,78);/t26-,27-,28-,29?,30+,31+,33+,34?,35-,36-,37-,38-,39?,40?,41?,46+,47+,48+,49+,55-,56-,57-,107?,108?,109?;/m0./s1. The first-order valence-corrected chi connectivity index (χ1v) is 44.6. The van der Waals surface area contributed by atoms with Gasteiger partial charge < -0.3 is 93.6 Å². The van der Waals surface area contributed by atoms with E-state index in [0.29, 0.717) is 0 Å². The quantitative estimate of drug-likeness (QED) is 0.0184. The fourth-order valence-electron chi connectivity index (χ4n) is 14.5. The molecule has 10 unspecified atom stereocenters. The zero-order valence-electron chi connectivity index (χ0n) is 60.6. The molecule has 5 aromatic rings. The van der Waals surface area contributed by atoms with Gasteiger partial charge in [-0.25, -0.2) is 37.7 Å². The summed E-state index contributed by atoms with van der Waals surface area (Å²) in [7, 11) is -9.24. The minimum absolute atomic E-state index is 0. The third-order valence-electron chi connectivity index (χ3n) is 20.4. The predicted octanol–water partition coefficient (Wildman–Crippen LogP) is -1.50. The average Bonchev–Trinajstić information content (AvgIpc) is 1.56. The molecule has 0 amide bonds. The van der Waals surface area contributed by atoms with Crippen molar-refractivity contribution < 1.29 is 159 Å². The molecule has 6 bridgehead atoms. The maximum absolute atomic E-state index is 15.0. The summed E-state index contributed by atoms with van der Waals surface area (Å²) in [5, 5.41) is 10.9. The first-order valence-electron chi connectivity index (χ1n) is 33.7. The molecule has 1 radical (unpaired) electrons. The number of nitrogen functional groups attached to an aromatic ring is 3. The Balaban J connectivity index is 0.0000118. The fourth-order valence-corrected chi connectivity index (χ4v) is 20.4. The molecular formula is C57H78N13O34P5S3Y. The molecule has 5 aromatic heterocycles. The number of H-pyrrole nitrogens is 2. The molecule has 56 heteroatoms. The smallest absolute Gasteiger partial charge is 0.393 e. The first-order chi connectivity index (χ1) is 52.4. The molecule has 13 N–H and O–H groups in total. The van der Waals surface area contributed by atoms with Gasteiger partial charge in [0.1, 0.15) is 108 Å². The van der Waals surface area contributed by atoms with Crippen molar-refractivity contribution in [3.05, 3.63) is 132 Å². The molecule has 8 aliphatic heterocycles. The van der Waals surface area contributed by atoms with Crippen molar-refractivity contribution in [2.75, 3.05) is 64.5 Å². The number of hydrogen-bond acceptors (Lipinski definition) is 38. The minimum atomic E-state index is -5.80. The summed E-state index contributed by atoms with van der Waals surface area (Å²) >= 11 is 14.9. The average molecular weight is 1830 g/mol. The van der Waals surface area contributed by atoms with Crippen LogP contribution in [0.5, 0.6) is 0 Å². The van der Waals surface area contributed by atoms with Crippen LogP contribution in [0.1, 0.15) is 80.6 Å². The number of aromatic nitrogens is 10. The van der Waals surface area contributed by atoms with Crippen molar-refractivity contribution in [2.45, 2.75) is 188 Å². The van der Waals surface area contributed by atoms with Crippen molar-refractivity contribution >= 4 is 89.2 Å². The summed E-state index contributed by atoms with van der Waals surface area (Å²) in [5.74, 6) is -0.492. The van der Waals surface area contributed by atoms with E-state index in [9.17, 15) is 67.4 Å². The number of phosphoric ester groups is 2. The van der Waals surface area contributed by atoms with Crippen LogP contribution in [0.3, 0.4) is 0 Å². The van der Waals surface area contributed by atoms with Crippen LogP contribution in [0, 0.1) is 27.7 Å². The van der Waals surface area contributed by atoms with E-state index >= 15 is 4.57 Å². The molecule has 0 aromatic carbocycles. The van der Waals surface area contributed by atoms with E-state index in [1.165, 1.54) is 86.4 Å². The van der Waals surface area contributed by atoms with E-state index in [4.69, 9.17) is 129 Å². The summed E-state index contributed by atoms with van der Waals surface area (Å²) in [6.45, 7) is -8.57. The van der Waals surface area contributed by atoms with Gasteiger partial charge in [0.2, 0.25) is 0 Å². The number of aliphatic hydroxyl groups excluding tert-OH is 1. The molecule has 0 saturated carbocycles.